The SMILES string of the molecule is O=C1C[C@H]2S[C-](Cl)C(Cl)N12. The molecule has 56 valence electrons. The van der Waals surface area contributed by atoms with Crippen LogP contribution in [0.2, 0.25) is 0 Å². The molecule has 2 atom stereocenters. The number of hydrogen-bond acceptors (Lipinski definition) is 2. The highest BCUT2D eigenvalue weighted by molar-refractivity contribution is 8.04. The molecule has 2 fully saturated rings. The lowest BCUT2D eigenvalue weighted by Gasteiger charge is -2.38. The second-order valence-electron chi connectivity index (χ2n) is 2.22. The number of halogens is 2. The monoisotopic (exact) mass is 196 g/mol. The molecule has 0 aromatic rings. The average Bonchev–Trinajstić information content (AvgIpc) is 2.05. The second-order valence-corrected chi connectivity index (χ2v) is 4.48. The molecule has 0 aliphatic carbocycles. The van der Waals surface area contributed by atoms with Gasteiger partial charge in [-0.15, -0.1) is 16.3 Å². The summed E-state index contributed by atoms with van der Waals surface area (Å²) >= 11 is 13.0. The Labute approximate surface area is 72.8 Å². The van der Waals surface area contributed by atoms with Gasteiger partial charge in [0.25, 0.3) is 0 Å². The predicted octanol–water partition coefficient (Wildman–Crippen LogP) is 1.58. The Morgan fingerprint density at radius 2 is 2.50 bits per heavy atom. The number of amides is 1. The van der Waals surface area contributed by atoms with E-state index in [1.165, 1.54) is 11.8 Å². The van der Waals surface area contributed by atoms with E-state index in [2.05, 4.69) is 0 Å². The van der Waals surface area contributed by atoms with Crippen LogP contribution in [0.3, 0.4) is 0 Å². The van der Waals surface area contributed by atoms with Gasteiger partial charge in [-0.25, -0.2) is 0 Å². The van der Waals surface area contributed by atoms with Gasteiger partial charge in [-0.3, -0.25) is 4.79 Å². The van der Waals surface area contributed by atoms with E-state index in [9.17, 15) is 4.79 Å². The lowest BCUT2D eigenvalue weighted by Crippen LogP contribution is -2.49. The van der Waals surface area contributed by atoms with Gasteiger partial charge in [-0.1, -0.05) is 0 Å². The molecule has 0 aromatic heterocycles. The summed E-state index contributed by atoms with van der Waals surface area (Å²) in [6.45, 7) is 0. The summed E-state index contributed by atoms with van der Waals surface area (Å²) in [6, 6.07) is 0. The summed E-state index contributed by atoms with van der Waals surface area (Å²) in [5, 5.41) is 0.225. The van der Waals surface area contributed by atoms with E-state index in [0.29, 0.717) is 11.1 Å². The molecule has 2 heterocycles. The van der Waals surface area contributed by atoms with Crippen molar-refractivity contribution in [3.8, 4) is 0 Å². The summed E-state index contributed by atoms with van der Waals surface area (Å²) in [6.07, 6.45) is 0.587. The van der Waals surface area contributed by atoms with E-state index < -0.39 is 0 Å². The molecule has 2 nitrogen and oxygen atoms in total. The minimum atomic E-state index is -0.377. The molecule has 2 aliphatic rings. The molecule has 0 spiro atoms. The number of carbonyl (C=O) groups is 1. The summed E-state index contributed by atoms with van der Waals surface area (Å²) in [4.78, 5) is 12.4. The van der Waals surface area contributed by atoms with Crippen molar-refractivity contribution in [1.82, 2.24) is 4.90 Å². The third kappa shape index (κ3) is 0.773. The van der Waals surface area contributed by atoms with Gasteiger partial charge >= 0.3 is 0 Å². The average molecular weight is 197 g/mol. The second kappa shape index (κ2) is 2.19. The van der Waals surface area contributed by atoms with Crippen LogP contribution in [0.4, 0.5) is 0 Å². The molecular weight excluding hydrogens is 193 g/mol. The van der Waals surface area contributed by atoms with Crippen LogP contribution in [0.25, 0.3) is 0 Å². The van der Waals surface area contributed by atoms with Crippen molar-refractivity contribution in [3.63, 3.8) is 0 Å². The van der Waals surface area contributed by atoms with E-state index in [-0.39, 0.29) is 16.8 Å². The van der Waals surface area contributed by atoms with Crippen LogP contribution in [-0.4, -0.2) is 21.7 Å². The highest BCUT2D eigenvalue weighted by Gasteiger charge is 2.42. The minimum Gasteiger partial charge on any atom is -0.343 e. The summed E-state index contributed by atoms with van der Waals surface area (Å²) in [5.74, 6) is 0.105. The van der Waals surface area contributed by atoms with Crippen molar-refractivity contribution in [2.45, 2.75) is 17.3 Å². The first-order valence-corrected chi connectivity index (χ1v) is 4.54. The Bertz CT molecular complexity index is 188. The summed E-state index contributed by atoms with van der Waals surface area (Å²) < 4.78 is 0.623. The highest BCUT2D eigenvalue weighted by Crippen LogP contribution is 2.51. The van der Waals surface area contributed by atoms with Crippen LogP contribution in [0.15, 0.2) is 0 Å². The number of β-lactam (4-membered cyclic amide) rings is 1. The molecule has 0 radical (unpaired) electrons. The lowest BCUT2D eigenvalue weighted by atomic mass is 10.2. The van der Waals surface area contributed by atoms with Crippen molar-refractivity contribution in [2.24, 2.45) is 0 Å². The van der Waals surface area contributed by atoms with E-state index >= 15 is 0 Å². The Morgan fingerprint density at radius 3 is 2.90 bits per heavy atom. The quantitative estimate of drug-likeness (QED) is 0.254. The van der Waals surface area contributed by atoms with Crippen molar-refractivity contribution in [1.29, 1.82) is 0 Å². The van der Waals surface area contributed by atoms with Gasteiger partial charge < -0.3 is 28.3 Å². The molecule has 5 heteroatoms. The van der Waals surface area contributed by atoms with Crippen LogP contribution in [0.1, 0.15) is 6.42 Å². The number of alkyl halides is 1. The predicted molar refractivity (Wildman–Crippen MR) is 41.6 cm³/mol. The van der Waals surface area contributed by atoms with Crippen LogP contribution in [0.5, 0.6) is 0 Å². The largest absolute Gasteiger partial charge is 0.343 e. The normalized spacial score (nSPS) is 39.8. The first-order valence-electron chi connectivity index (χ1n) is 2.84. The molecule has 0 saturated carbocycles. The smallest absolute Gasteiger partial charge is 0.225 e. The number of thioether (sulfide) groups is 1. The fraction of sp³-hybridized carbons (Fsp3) is 0.600. The zero-order chi connectivity index (χ0) is 7.30. The minimum absolute atomic E-state index is 0.105. The fourth-order valence-electron chi connectivity index (χ4n) is 1.07. The van der Waals surface area contributed by atoms with Gasteiger partial charge in [0.05, 0.1) is 11.8 Å². The molecule has 2 aliphatic heterocycles. The number of nitrogens with zero attached hydrogens (tertiary/aromatic N) is 1. The van der Waals surface area contributed by atoms with Crippen LogP contribution < -0.4 is 0 Å². The molecule has 0 N–H and O–H groups in total. The zero-order valence-electron chi connectivity index (χ0n) is 4.88. The standard InChI is InChI=1S/C5H4Cl2NOS/c6-4-5(7)10-3-1-2(9)8(3)4/h3-4H,1H2/q-1/t3-,4?/m1/s1. The molecule has 10 heavy (non-hydrogen) atoms. The number of hydrogen-bond donors (Lipinski definition) is 0. The Kier molecular flexibility index (Phi) is 1.55. The van der Waals surface area contributed by atoms with Crippen LogP contribution >= 0.6 is 35.0 Å². The number of carbonyl (C=O) groups excluding carboxylic acids is 1. The van der Waals surface area contributed by atoms with Crippen LogP contribution in [-0.2, 0) is 4.79 Å². The van der Waals surface area contributed by atoms with Gasteiger partial charge in [-0.05, 0) is 0 Å². The lowest BCUT2D eigenvalue weighted by molar-refractivity contribution is -0.141. The summed E-state index contributed by atoms with van der Waals surface area (Å²) in [5.41, 5.74) is -0.377. The van der Waals surface area contributed by atoms with Crippen molar-refractivity contribution >= 4 is 40.9 Å². The molecule has 2 rings (SSSR count). The molecule has 0 aromatic carbocycles. The van der Waals surface area contributed by atoms with E-state index in [0.717, 1.165) is 0 Å². The maximum atomic E-state index is 10.8. The molecule has 1 amide bonds. The third-order valence-electron chi connectivity index (χ3n) is 1.63. The number of rotatable bonds is 0. The molecule has 1 unspecified atom stereocenters. The molecule has 0 bridgehead atoms. The Balaban J connectivity index is 2.15. The first-order chi connectivity index (χ1) is 4.70. The highest BCUT2D eigenvalue weighted by atomic mass is 35.5. The van der Waals surface area contributed by atoms with Crippen LogP contribution in [0, 0.1) is 4.71 Å². The Hall–Kier alpha value is 0.400. The van der Waals surface area contributed by atoms with Gasteiger partial charge in [0.1, 0.15) is 0 Å². The van der Waals surface area contributed by atoms with Crippen molar-refractivity contribution in [3.05, 3.63) is 4.71 Å². The molecular formula is C5H4Cl2NOS-. The third-order valence-corrected chi connectivity index (χ3v) is 3.89. The van der Waals surface area contributed by atoms with Gasteiger partial charge in [-0.2, -0.15) is 0 Å². The maximum absolute atomic E-state index is 10.8. The number of fused-ring (bicyclic) bond motifs is 1. The van der Waals surface area contributed by atoms with Crippen molar-refractivity contribution in [2.75, 3.05) is 0 Å². The van der Waals surface area contributed by atoms with Crippen molar-refractivity contribution < 1.29 is 4.79 Å². The molecule has 2 saturated heterocycles. The van der Waals surface area contributed by atoms with E-state index in [1.807, 2.05) is 0 Å². The van der Waals surface area contributed by atoms with E-state index in [4.69, 9.17) is 23.2 Å². The fourth-order valence-corrected chi connectivity index (χ4v) is 3.01. The maximum Gasteiger partial charge on any atom is 0.225 e. The first kappa shape index (κ1) is 7.07. The van der Waals surface area contributed by atoms with Gasteiger partial charge in [0.2, 0.25) is 5.91 Å². The Morgan fingerprint density at radius 1 is 1.80 bits per heavy atom. The topological polar surface area (TPSA) is 20.3 Å². The van der Waals surface area contributed by atoms with Gasteiger partial charge in [0, 0.05) is 5.50 Å². The van der Waals surface area contributed by atoms with E-state index in [1.54, 1.807) is 4.90 Å². The van der Waals surface area contributed by atoms with Gasteiger partial charge in [0.15, 0.2) is 0 Å². The summed E-state index contributed by atoms with van der Waals surface area (Å²) in [7, 11) is 0. The zero-order valence-corrected chi connectivity index (χ0v) is 7.21.